The van der Waals surface area contributed by atoms with Gasteiger partial charge in [0.25, 0.3) is 0 Å². The van der Waals surface area contributed by atoms with E-state index in [0.717, 1.165) is 22.3 Å². The predicted octanol–water partition coefficient (Wildman–Crippen LogP) is 3.00. The lowest BCUT2D eigenvalue weighted by Crippen LogP contribution is -2.39. The van der Waals surface area contributed by atoms with Crippen molar-refractivity contribution in [3.05, 3.63) is 59.7 Å². The molecule has 0 saturated heterocycles. The van der Waals surface area contributed by atoms with E-state index in [1.165, 1.54) is 6.92 Å². The minimum atomic E-state index is -1.10. The Morgan fingerprint density at radius 3 is 2.13 bits per heavy atom. The van der Waals surface area contributed by atoms with Crippen molar-refractivity contribution in [3.8, 4) is 11.1 Å². The van der Waals surface area contributed by atoms with Crippen molar-refractivity contribution >= 4 is 12.1 Å². The number of carbonyl (C=O) groups is 2. The van der Waals surface area contributed by atoms with Crippen LogP contribution >= 0.6 is 0 Å². The number of hydrogen-bond acceptors (Lipinski definition) is 3. The van der Waals surface area contributed by atoms with Gasteiger partial charge < -0.3 is 15.2 Å². The van der Waals surface area contributed by atoms with Gasteiger partial charge >= 0.3 is 12.1 Å². The largest absolute Gasteiger partial charge is 0.480 e. The number of ether oxygens (including phenoxy) is 1. The molecule has 1 aliphatic rings. The third kappa shape index (κ3) is 2.90. The van der Waals surface area contributed by atoms with Crippen LogP contribution in [-0.4, -0.2) is 29.8 Å². The Bertz CT molecular complexity index is 711. The highest BCUT2D eigenvalue weighted by molar-refractivity contribution is 5.80. The summed E-state index contributed by atoms with van der Waals surface area (Å²) in [5, 5.41) is 11.1. The van der Waals surface area contributed by atoms with Gasteiger partial charge in [0, 0.05) is 5.92 Å². The smallest absolute Gasteiger partial charge is 0.407 e. The van der Waals surface area contributed by atoms with Gasteiger partial charge in [0.15, 0.2) is 0 Å². The molecule has 5 heteroatoms. The second-order valence-electron chi connectivity index (χ2n) is 5.53. The van der Waals surface area contributed by atoms with E-state index in [2.05, 4.69) is 17.4 Å². The van der Waals surface area contributed by atoms with Crippen LogP contribution in [0.1, 0.15) is 24.0 Å². The van der Waals surface area contributed by atoms with E-state index in [4.69, 9.17) is 9.84 Å². The van der Waals surface area contributed by atoms with E-state index in [1.54, 1.807) is 0 Å². The summed E-state index contributed by atoms with van der Waals surface area (Å²) in [5.41, 5.74) is 4.53. The van der Waals surface area contributed by atoms with Gasteiger partial charge in [-0.05, 0) is 29.2 Å². The molecule has 0 fully saturated rings. The number of rotatable bonds is 4. The Hall–Kier alpha value is -2.82. The van der Waals surface area contributed by atoms with Gasteiger partial charge in [0.05, 0.1) is 0 Å². The number of nitrogens with one attached hydrogen (secondary N) is 1. The van der Waals surface area contributed by atoms with Gasteiger partial charge in [-0.3, -0.25) is 4.79 Å². The molecule has 2 aromatic rings. The summed E-state index contributed by atoms with van der Waals surface area (Å²) in [6.07, 6.45) is -0.721. The maximum absolute atomic E-state index is 11.7. The molecule has 0 radical (unpaired) electrons. The maximum atomic E-state index is 11.7. The van der Waals surface area contributed by atoms with Crippen molar-refractivity contribution in [1.29, 1.82) is 0 Å². The van der Waals surface area contributed by atoms with E-state index in [-0.39, 0.29) is 12.5 Å². The van der Waals surface area contributed by atoms with Crippen LogP contribution in [0.5, 0.6) is 0 Å². The van der Waals surface area contributed by atoms with E-state index < -0.39 is 18.1 Å². The molecule has 5 nitrogen and oxygen atoms in total. The predicted molar refractivity (Wildman–Crippen MR) is 85.3 cm³/mol. The lowest BCUT2D eigenvalue weighted by atomic mass is 9.98. The first-order chi connectivity index (χ1) is 11.1. The zero-order valence-corrected chi connectivity index (χ0v) is 12.7. The maximum Gasteiger partial charge on any atom is 0.407 e. The molecule has 118 valence electrons. The fourth-order valence-electron chi connectivity index (χ4n) is 2.88. The fourth-order valence-corrected chi connectivity index (χ4v) is 2.88. The first-order valence-corrected chi connectivity index (χ1v) is 7.42. The highest BCUT2D eigenvalue weighted by Gasteiger charge is 2.29. The summed E-state index contributed by atoms with van der Waals surface area (Å²) < 4.78 is 5.25. The molecule has 0 bridgehead atoms. The molecule has 1 atom stereocenters. The van der Waals surface area contributed by atoms with Gasteiger partial charge in [-0.2, -0.15) is 0 Å². The lowest BCUT2D eigenvalue weighted by Gasteiger charge is -2.15. The molecule has 1 amide bonds. The summed E-state index contributed by atoms with van der Waals surface area (Å²) in [7, 11) is 0. The van der Waals surface area contributed by atoms with Crippen LogP contribution in [0.3, 0.4) is 0 Å². The Balaban J connectivity index is 1.76. The summed E-state index contributed by atoms with van der Waals surface area (Å²) >= 11 is 0. The van der Waals surface area contributed by atoms with Crippen molar-refractivity contribution in [1.82, 2.24) is 5.32 Å². The van der Waals surface area contributed by atoms with Crippen molar-refractivity contribution in [3.63, 3.8) is 0 Å². The number of aliphatic carboxylic acids is 1. The van der Waals surface area contributed by atoms with E-state index in [1.807, 2.05) is 36.4 Å². The number of amides is 1. The molecule has 1 unspecified atom stereocenters. The third-order valence-electron chi connectivity index (χ3n) is 4.05. The van der Waals surface area contributed by atoms with Crippen LogP contribution in [0.2, 0.25) is 0 Å². The monoisotopic (exact) mass is 312 g/mol. The average Bonchev–Trinajstić information content (AvgIpc) is 2.87. The van der Waals surface area contributed by atoms with Gasteiger partial charge in [0.2, 0.25) is 0 Å². The Morgan fingerprint density at radius 1 is 1.09 bits per heavy atom. The number of benzene rings is 2. The fraction of sp³-hybridized carbons (Fsp3) is 0.222. The number of alkyl carbamates (subject to hydrolysis) is 1. The molecule has 0 heterocycles. The molecule has 23 heavy (non-hydrogen) atoms. The molecule has 1 aliphatic carbocycles. The molecule has 0 saturated carbocycles. The topological polar surface area (TPSA) is 75.6 Å². The molecular formula is C18H17NO4. The van der Waals surface area contributed by atoms with Crippen LogP contribution in [0, 0.1) is 0 Å². The second-order valence-corrected chi connectivity index (χ2v) is 5.53. The van der Waals surface area contributed by atoms with Crippen molar-refractivity contribution < 1.29 is 19.4 Å². The molecule has 2 aromatic carbocycles. The normalized spacial score (nSPS) is 13.8. The minimum Gasteiger partial charge on any atom is -0.480 e. The lowest BCUT2D eigenvalue weighted by molar-refractivity contribution is -0.138. The highest BCUT2D eigenvalue weighted by atomic mass is 16.6. The van der Waals surface area contributed by atoms with E-state index >= 15 is 0 Å². The van der Waals surface area contributed by atoms with Crippen molar-refractivity contribution in [2.75, 3.05) is 6.61 Å². The van der Waals surface area contributed by atoms with E-state index in [9.17, 15) is 9.59 Å². The van der Waals surface area contributed by atoms with Crippen molar-refractivity contribution in [2.45, 2.75) is 18.9 Å². The SMILES string of the molecule is CC([15NH]C(=O)OCC1c2ccccc2-c2ccccc21)C(=O)O. The average molecular weight is 312 g/mol. The number of carbonyl (C=O) groups excluding carboxylic acids is 1. The highest BCUT2D eigenvalue weighted by Crippen LogP contribution is 2.44. The number of hydrogen-bond donors (Lipinski definition) is 2. The quantitative estimate of drug-likeness (QED) is 0.851. The molecule has 0 aliphatic heterocycles. The minimum absolute atomic E-state index is 0.0340. The second kappa shape index (κ2) is 6.12. The van der Waals surface area contributed by atoms with Crippen LogP contribution in [-0.2, 0) is 9.53 Å². The Kier molecular flexibility index (Phi) is 4.02. The first-order valence-electron chi connectivity index (χ1n) is 7.42. The van der Waals surface area contributed by atoms with Gasteiger partial charge in [-0.1, -0.05) is 48.5 Å². The number of carboxylic acid groups (broad SMARTS) is 1. The van der Waals surface area contributed by atoms with Crippen LogP contribution in [0.25, 0.3) is 11.1 Å². The first kappa shape index (κ1) is 15.1. The molecule has 0 aromatic heterocycles. The molecule has 0 spiro atoms. The van der Waals surface area contributed by atoms with Gasteiger partial charge in [-0.15, -0.1) is 0 Å². The summed E-state index contributed by atoms with van der Waals surface area (Å²) in [6.45, 7) is 1.57. The zero-order valence-electron chi connectivity index (χ0n) is 12.7. The van der Waals surface area contributed by atoms with Crippen molar-refractivity contribution in [2.24, 2.45) is 0 Å². The van der Waals surface area contributed by atoms with Crippen LogP contribution < -0.4 is 5.32 Å². The van der Waals surface area contributed by atoms with Gasteiger partial charge in [0.1, 0.15) is 12.6 Å². The number of carboxylic acids is 1. The third-order valence-corrected chi connectivity index (χ3v) is 4.05. The Labute approximate surface area is 133 Å². The summed E-state index contributed by atoms with van der Waals surface area (Å²) in [5.74, 6) is -1.13. The number of fused-ring (bicyclic) bond motifs is 3. The van der Waals surface area contributed by atoms with E-state index in [0.29, 0.717) is 0 Å². The summed E-state index contributed by atoms with van der Waals surface area (Å²) in [4.78, 5) is 22.5. The summed E-state index contributed by atoms with van der Waals surface area (Å²) in [6, 6.07) is 15.1. The van der Waals surface area contributed by atoms with Gasteiger partial charge in [-0.25, -0.2) is 4.79 Å². The zero-order chi connectivity index (χ0) is 16.4. The van der Waals surface area contributed by atoms with Crippen LogP contribution in [0.4, 0.5) is 4.79 Å². The Morgan fingerprint density at radius 2 is 1.61 bits per heavy atom. The molecular weight excluding hydrogens is 295 g/mol. The standard InChI is InChI=1S/C18H17NO4/c1-11(17(20)21)19-18(22)23-10-16-14-8-4-2-6-12(14)13-7-3-5-9-15(13)16/h2-9,11,16H,10H2,1H3,(H,19,22)(H,20,21)/i19+1. The molecule has 2 N–H and O–H groups in total. The van der Waals surface area contributed by atoms with Crippen LogP contribution in [0.15, 0.2) is 48.5 Å². The molecule has 3 rings (SSSR count).